The maximum absolute atomic E-state index is 11.9. The lowest BCUT2D eigenvalue weighted by Crippen LogP contribution is -2.43. The van der Waals surface area contributed by atoms with Crippen LogP contribution in [0.4, 0.5) is 11.4 Å². The number of esters is 1. The van der Waals surface area contributed by atoms with Crippen LogP contribution >= 0.6 is 0 Å². The van der Waals surface area contributed by atoms with Gasteiger partial charge in [0.25, 0.3) is 0 Å². The van der Waals surface area contributed by atoms with E-state index in [2.05, 4.69) is 18.7 Å². The summed E-state index contributed by atoms with van der Waals surface area (Å²) < 4.78 is 4.86. The first-order valence-electron chi connectivity index (χ1n) is 6.79. The normalized spacial score (nSPS) is 23.2. The molecule has 0 saturated carbocycles. The van der Waals surface area contributed by atoms with Crippen molar-refractivity contribution in [3.8, 4) is 0 Å². The van der Waals surface area contributed by atoms with Crippen LogP contribution < -0.4 is 10.6 Å². The van der Waals surface area contributed by atoms with Crippen molar-refractivity contribution in [3.05, 3.63) is 23.8 Å². The Bertz CT molecular complexity index is 473. The number of hydrogen-bond acceptors (Lipinski definition) is 4. The van der Waals surface area contributed by atoms with Gasteiger partial charge < -0.3 is 15.4 Å². The highest BCUT2D eigenvalue weighted by atomic mass is 16.5. The fraction of sp³-hybridized carbons (Fsp3) is 0.533. The summed E-state index contributed by atoms with van der Waals surface area (Å²) >= 11 is 0. The van der Waals surface area contributed by atoms with Crippen molar-refractivity contribution in [1.82, 2.24) is 0 Å². The lowest BCUT2D eigenvalue weighted by molar-refractivity contribution is 0.0601. The third-order valence-electron chi connectivity index (χ3n) is 4.11. The predicted octanol–water partition coefficient (Wildman–Crippen LogP) is 2.68. The molecule has 0 spiro atoms. The summed E-state index contributed by atoms with van der Waals surface area (Å²) in [5.41, 5.74) is 7.86. The van der Waals surface area contributed by atoms with Gasteiger partial charge in [0, 0.05) is 18.3 Å². The van der Waals surface area contributed by atoms with E-state index in [1.54, 1.807) is 6.07 Å². The van der Waals surface area contributed by atoms with Gasteiger partial charge in [-0.25, -0.2) is 4.79 Å². The monoisotopic (exact) mass is 262 g/mol. The van der Waals surface area contributed by atoms with Gasteiger partial charge >= 0.3 is 5.97 Å². The maximum Gasteiger partial charge on any atom is 0.340 e. The molecule has 2 rings (SSSR count). The predicted molar refractivity (Wildman–Crippen MR) is 77.4 cm³/mol. The number of ether oxygens (including phenoxy) is 1. The second-order valence-corrected chi connectivity index (χ2v) is 5.32. The van der Waals surface area contributed by atoms with Gasteiger partial charge in [-0.15, -0.1) is 0 Å². The molecule has 104 valence electrons. The topological polar surface area (TPSA) is 55.6 Å². The van der Waals surface area contributed by atoms with Crippen molar-refractivity contribution in [2.45, 2.75) is 32.7 Å². The number of nitrogens with zero attached hydrogens (tertiary/aromatic N) is 1. The van der Waals surface area contributed by atoms with Gasteiger partial charge in [0.05, 0.1) is 18.4 Å². The summed E-state index contributed by atoms with van der Waals surface area (Å²) in [6.07, 6.45) is 2.39. The van der Waals surface area contributed by atoms with Crippen LogP contribution in [0.3, 0.4) is 0 Å². The van der Waals surface area contributed by atoms with Crippen LogP contribution in [0.2, 0.25) is 0 Å². The molecule has 0 aliphatic carbocycles. The Morgan fingerprint density at radius 3 is 2.84 bits per heavy atom. The zero-order valence-corrected chi connectivity index (χ0v) is 11.8. The van der Waals surface area contributed by atoms with E-state index in [0.29, 0.717) is 23.2 Å². The number of carbonyl (C=O) groups excluding carboxylic acids is 1. The van der Waals surface area contributed by atoms with Crippen LogP contribution in [0.1, 0.15) is 37.0 Å². The molecule has 1 fully saturated rings. The molecular formula is C15H22N2O2. The van der Waals surface area contributed by atoms with Crippen molar-refractivity contribution < 1.29 is 9.53 Å². The van der Waals surface area contributed by atoms with Gasteiger partial charge in [-0.2, -0.15) is 0 Å². The van der Waals surface area contributed by atoms with Gasteiger partial charge in [-0.1, -0.05) is 6.92 Å². The SMILES string of the molecule is COC(=O)c1cc(N)ccc1N1CCCC(C)C1C. The Hall–Kier alpha value is -1.71. The number of rotatable bonds is 2. The number of hydrogen-bond donors (Lipinski definition) is 1. The van der Waals surface area contributed by atoms with Crippen LogP contribution in [0.15, 0.2) is 18.2 Å². The van der Waals surface area contributed by atoms with E-state index in [4.69, 9.17) is 10.5 Å². The van der Waals surface area contributed by atoms with E-state index in [9.17, 15) is 4.79 Å². The first kappa shape index (κ1) is 13.7. The Balaban J connectivity index is 2.40. The summed E-state index contributed by atoms with van der Waals surface area (Å²) in [5.74, 6) is 0.296. The number of piperidine rings is 1. The van der Waals surface area contributed by atoms with Crippen LogP contribution in [0.5, 0.6) is 0 Å². The zero-order chi connectivity index (χ0) is 14.0. The van der Waals surface area contributed by atoms with Crippen LogP contribution in [-0.4, -0.2) is 25.7 Å². The van der Waals surface area contributed by atoms with E-state index < -0.39 is 0 Å². The minimum atomic E-state index is -0.326. The molecule has 1 saturated heterocycles. The highest BCUT2D eigenvalue weighted by Gasteiger charge is 2.27. The molecule has 2 atom stereocenters. The quantitative estimate of drug-likeness (QED) is 0.657. The number of carbonyl (C=O) groups is 1. The first-order valence-corrected chi connectivity index (χ1v) is 6.79. The highest BCUT2D eigenvalue weighted by Crippen LogP contribution is 2.32. The van der Waals surface area contributed by atoms with E-state index in [1.807, 2.05) is 12.1 Å². The van der Waals surface area contributed by atoms with Gasteiger partial charge in [0.2, 0.25) is 0 Å². The number of methoxy groups -OCH3 is 1. The molecule has 0 radical (unpaired) electrons. The molecule has 2 unspecified atom stereocenters. The summed E-state index contributed by atoms with van der Waals surface area (Å²) in [5, 5.41) is 0. The molecule has 1 aromatic carbocycles. The molecule has 4 heteroatoms. The van der Waals surface area contributed by atoms with Crippen LogP contribution in [-0.2, 0) is 4.74 Å². The van der Waals surface area contributed by atoms with E-state index >= 15 is 0 Å². The highest BCUT2D eigenvalue weighted by molar-refractivity contribution is 5.97. The molecule has 1 aromatic rings. The minimum Gasteiger partial charge on any atom is -0.465 e. The summed E-state index contributed by atoms with van der Waals surface area (Å²) in [6, 6.07) is 5.89. The average Bonchev–Trinajstić information content (AvgIpc) is 2.41. The van der Waals surface area contributed by atoms with E-state index in [0.717, 1.165) is 18.7 Å². The standard InChI is InChI=1S/C15H22N2O2/c1-10-5-4-8-17(11(10)2)14-7-6-12(16)9-13(14)15(18)19-3/h6-7,9-11H,4-5,8,16H2,1-3H3. The largest absolute Gasteiger partial charge is 0.465 e. The van der Waals surface area contributed by atoms with Crippen molar-refractivity contribution in [2.75, 3.05) is 24.3 Å². The smallest absolute Gasteiger partial charge is 0.340 e. The molecule has 1 aliphatic heterocycles. The van der Waals surface area contributed by atoms with Gasteiger partial charge in [-0.05, 0) is 43.9 Å². The summed E-state index contributed by atoms with van der Waals surface area (Å²) in [6.45, 7) is 5.44. The van der Waals surface area contributed by atoms with Crippen LogP contribution in [0.25, 0.3) is 0 Å². The average molecular weight is 262 g/mol. The number of nitrogens with two attached hydrogens (primary N) is 1. The van der Waals surface area contributed by atoms with E-state index in [-0.39, 0.29) is 5.97 Å². The van der Waals surface area contributed by atoms with E-state index in [1.165, 1.54) is 13.5 Å². The Morgan fingerprint density at radius 1 is 1.42 bits per heavy atom. The molecular weight excluding hydrogens is 240 g/mol. The van der Waals surface area contributed by atoms with Gasteiger partial charge in [0.15, 0.2) is 0 Å². The van der Waals surface area contributed by atoms with Crippen molar-refractivity contribution >= 4 is 17.3 Å². The van der Waals surface area contributed by atoms with Gasteiger partial charge in [0.1, 0.15) is 0 Å². The van der Waals surface area contributed by atoms with Gasteiger partial charge in [-0.3, -0.25) is 0 Å². The molecule has 1 heterocycles. The number of nitrogen functional groups attached to an aromatic ring is 1. The molecule has 19 heavy (non-hydrogen) atoms. The fourth-order valence-electron chi connectivity index (χ4n) is 2.75. The Labute approximate surface area is 114 Å². The fourth-order valence-corrected chi connectivity index (χ4v) is 2.75. The van der Waals surface area contributed by atoms with Crippen LogP contribution in [0, 0.1) is 5.92 Å². The van der Waals surface area contributed by atoms with Crippen molar-refractivity contribution in [3.63, 3.8) is 0 Å². The van der Waals surface area contributed by atoms with Crippen molar-refractivity contribution in [2.24, 2.45) is 5.92 Å². The molecule has 2 N–H and O–H groups in total. The Morgan fingerprint density at radius 2 is 2.16 bits per heavy atom. The maximum atomic E-state index is 11.9. The Kier molecular flexibility index (Phi) is 3.98. The molecule has 0 bridgehead atoms. The second kappa shape index (κ2) is 5.51. The molecule has 0 amide bonds. The summed E-state index contributed by atoms with van der Waals surface area (Å²) in [7, 11) is 1.40. The second-order valence-electron chi connectivity index (χ2n) is 5.32. The first-order chi connectivity index (χ1) is 9.04. The zero-order valence-electron chi connectivity index (χ0n) is 11.8. The lowest BCUT2D eigenvalue weighted by Gasteiger charge is -2.40. The molecule has 0 aromatic heterocycles. The third kappa shape index (κ3) is 2.67. The third-order valence-corrected chi connectivity index (χ3v) is 4.11. The lowest BCUT2D eigenvalue weighted by atomic mass is 9.91. The summed E-state index contributed by atoms with van der Waals surface area (Å²) in [4.78, 5) is 14.2. The molecule has 4 nitrogen and oxygen atoms in total. The number of anilines is 2. The number of benzene rings is 1. The molecule has 1 aliphatic rings. The minimum absolute atomic E-state index is 0.326. The van der Waals surface area contributed by atoms with Crippen molar-refractivity contribution in [1.29, 1.82) is 0 Å².